The highest BCUT2D eigenvalue weighted by Gasteiger charge is 2.67. The van der Waals surface area contributed by atoms with Gasteiger partial charge in [-0.3, -0.25) is 19.1 Å². The smallest absolute Gasteiger partial charge is 0.407 e. The molecule has 0 aromatic heterocycles. The standard InChI is InChI=1S/C38H48N4O8S/c1-49-37-22-32(34(44)40-38(21-31(38)27-12-13-27)35(45)41-51(47,48)29-18-19-29)42(24-37)33(43)23-39-36(46)50-20-8-4-2-3-5-9-25-10-6-7-11-30(25)26-14-16-28(37)17-15-26/h6-7,10-11,14-17,27,29,31-32H,2-5,8-9,12-13,18-24H2,1H3,(H,39,46)(H,40,44)(H,41,45)/t31-,32+,37+,38-/m1/s1. The van der Waals surface area contributed by atoms with Crippen molar-refractivity contribution in [3.05, 3.63) is 59.7 Å². The van der Waals surface area contributed by atoms with Gasteiger partial charge in [-0.2, -0.15) is 0 Å². The van der Waals surface area contributed by atoms with Gasteiger partial charge in [-0.25, -0.2) is 13.2 Å². The average Bonchev–Trinajstić information content (AvgIpc) is 4.00. The van der Waals surface area contributed by atoms with E-state index in [0.717, 1.165) is 61.6 Å². The third-order valence-electron chi connectivity index (χ3n) is 11.4. The van der Waals surface area contributed by atoms with Gasteiger partial charge in [-0.1, -0.05) is 67.8 Å². The van der Waals surface area contributed by atoms with Crippen molar-refractivity contribution >= 4 is 33.8 Å². The van der Waals surface area contributed by atoms with Gasteiger partial charge in [0.05, 0.1) is 18.4 Å². The first kappa shape index (κ1) is 35.4. The Labute approximate surface area is 299 Å². The zero-order valence-corrected chi connectivity index (χ0v) is 30.0. The average molecular weight is 721 g/mol. The van der Waals surface area contributed by atoms with Crippen molar-refractivity contribution in [2.75, 3.05) is 26.8 Å². The number of sulfonamides is 1. The number of hydrogen-bond acceptors (Lipinski definition) is 8. The molecule has 51 heavy (non-hydrogen) atoms. The summed E-state index contributed by atoms with van der Waals surface area (Å²) in [6.07, 6.45) is 8.27. The second kappa shape index (κ2) is 14.2. The number of aryl methyl sites for hydroxylation is 1. The number of ether oxygens (including phenoxy) is 2. The maximum absolute atomic E-state index is 14.3. The van der Waals surface area contributed by atoms with Gasteiger partial charge in [0.15, 0.2) is 0 Å². The summed E-state index contributed by atoms with van der Waals surface area (Å²) in [5.41, 5.74) is 1.82. The van der Waals surface area contributed by atoms with Crippen LogP contribution in [0.3, 0.4) is 0 Å². The monoisotopic (exact) mass is 720 g/mol. The molecule has 13 heteroatoms. The van der Waals surface area contributed by atoms with Crippen LogP contribution < -0.4 is 15.4 Å². The van der Waals surface area contributed by atoms with Crippen LogP contribution in [-0.4, -0.2) is 80.8 Å². The van der Waals surface area contributed by atoms with E-state index in [2.05, 4.69) is 33.6 Å². The second-order valence-electron chi connectivity index (χ2n) is 15.0. The van der Waals surface area contributed by atoms with Crippen molar-refractivity contribution in [3.63, 3.8) is 0 Å². The molecule has 4 fully saturated rings. The molecular formula is C38H48N4O8S. The van der Waals surface area contributed by atoms with E-state index in [1.807, 2.05) is 30.3 Å². The number of benzene rings is 2. The van der Waals surface area contributed by atoms with E-state index in [1.165, 1.54) is 10.5 Å². The van der Waals surface area contributed by atoms with E-state index in [9.17, 15) is 27.6 Å². The topological polar surface area (TPSA) is 160 Å². The van der Waals surface area contributed by atoms with Gasteiger partial charge < -0.3 is 25.0 Å². The number of hydrogen-bond donors (Lipinski definition) is 3. The first-order valence-electron chi connectivity index (χ1n) is 18.4. The summed E-state index contributed by atoms with van der Waals surface area (Å²) in [5, 5.41) is 4.88. The molecule has 12 nitrogen and oxygen atoms in total. The van der Waals surface area contributed by atoms with Crippen molar-refractivity contribution in [3.8, 4) is 11.1 Å². The Hall–Kier alpha value is -3.97. The van der Waals surface area contributed by atoms with E-state index in [4.69, 9.17) is 9.47 Å². The third kappa shape index (κ3) is 7.51. The second-order valence-corrected chi connectivity index (χ2v) is 16.9. The summed E-state index contributed by atoms with van der Waals surface area (Å²) in [7, 11) is -2.29. The van der Waals surface area contributed by atoms with Crippen molar-refractivity contribution in [2.45, 2.75) is 99.5 Å². The van der Waals surface area contributed by atoms with Crippen molar-refractivity contribution in [1.29, 1.82) is 0 Å². The molecule has 3 saturated carbocycles. The number of rotatable bonds is 7. The fourth-order valence-electron chi connectivity index (χ4n) is 8.03. The van der Waals surface area contributed by atoms with Gasteiger partial charge in [-0.05, 0) is 85.5 Å². The molecule has 2 aromatic rings. The van der Waals surface area contributed by atoms with Gasteiger partial charge in [0, 0.05) is 13.5 Å². The van der Waals surface area contributed by atoms with Crippen LogP contribution in [0.4, 0.5) is 4.79 Å². The number of amides is 4. The predicted molar refractivity (Wildman–Crippen MR) is 189 cm³/mol. The molecule has 8 rings (SSSR count). The summed E-state index contributed by atoms with van der Waals surface area (Å²) in [6.45, 7) is -0.135. The maximum atomic E-state index is 14.3. The quantitative estimate of drug-likeness (QED) is 0.388. The number of carbonyl (C=O) groups excluding carboxylic acids is 4. The van der Waals surface area contributed by atoms with Crippen LogP contribution in [0.15, 0.2) is 48.5 Å². The molecule has 274 valence electrons. The molecule has 3 N–H and O–H groups in total. The SMILES string of the molecule is CO[C@@]12C[C@@H](C(=O)N[C@]3(C(=O)NS(=O)(=O)C4CC4)C[C@@H]3C3CC3)N(C1)C(=O)CNC(=O)OCCCCCCCc1ccccc1-c1ccc2cc1. The summed E-state index contributed by atoms with van der Waals surface area (Å²) in [4.78, 5) is 55.7. The largest absolute Gasteiger partial charge is 0.450 e. The van der Waals surface area contributed by atoms with Crippen LogP contribution >= 0.6 is 0 Å². The highest BCUT2D eigenvalue weighted by atomic mass is 32.2. The molecule has 4 amide bonds. The molecule has 4 bridgehead atoms. The fourth-order valence-corrected chi connectivity index (χ4v) is 9.40. The van der Waals surface area contributed by atoms with Gasteiger partial charge in [0.25, 0.3) is 5.91 Å². The molecular weight excluding hydrogens is 673 g/mol. The Morgan fingerprint density at radius 2 is 1.67 bits per heavy atom. The summed E-state index contributed by atoms with van der Waals surface area (Å²) >= 11 is 0. The zero-order valence-electron chi connectivity index (χ0n) is 29.2. The number of nitrogens with zero attached hydrogens (tertiary/aromatic N) is 1. The van der Waals surface area contributed by atoms with Crippen LogP contribution in [0.2, 0.25) is 0 Å². The number of carbonyl (C=O) groups is 4. The van der Waals surface area contributed by atoms with Gasteiger partial charge in [-0.15, -0.1) is 0 Å². The lowest BCUT2D eigenvalue weighted by molar-refractivity contribution is -0.139. The minimum atomic E-state index is -3.83. The summed E-state index contributed by atoms with van der Waals surface area (Å²) in [6, 6.07) is 15.3. The van der Waals surface area contributed by atoms with E-state index >= 15 is 0 Å². The molecule has 3 aliphatic heterocycles. The van der Waals surface area contributed by atoms with E-state index < -0.39 is 62.8 Å². The van der Waals surface area contributed by atoms with Gasteiger partial charge in [0.2, 0.25) is 21.8 Å². The summed E-state index contributed by atoms with van der Waals surface area (Å²) < 4.78 is 39.3. The number of nitrogens with one attached hydrogen (secondary N) is 3. The Morgan fingerprint density at radius 1 is 0.941 bits per heavy atom. The highest BCUT2D eigenvalue weighted by molar-refractivity contribution is 7.91. The lowest BCUT2D eigenvalue weighted by atomic mass is 9.88. The van der Waals surface area contributed by atoms with Crippen LogP contribution in [0.1, 0.15) is 81.8 Å². The van der Waals surface area contributed by atoms with E-state index in [-0.39, 0.29) is 31.4 Å². The Morgan fingerprint density at radius 3 is 2.39 bits per heavy atom. The zero-order chi connectivity index (χ0) is 35.8. The first-order valence-corrected chi connectivity index (χ1v) is 19.9. The number of methoxy groups -OCH3 is 1. The third-order valence-corrected chi connectivity index (χ3v) is 13.3. The van der Waals surface area contributed by atoms with Crippen molar-refractivity contribution in [1.82, 2.24) is 20.3 Å². The molecule has 0 spiro atoms. The number of fused-ring (bicyclic) bond motifs is 13. The van der Waals surface area contributed by atoms with Crippen LogP contribution in [0, 0.1) is 11.8 Å². The molecule has 0 unspecified atom stereocenters. The van der Waals surface area contributed by atoms with E-state index in [1.54, 1.807) is 7.11 Å². The minimum absolute atomic E-state index is 0.0222. The molecule has 3 aliphatic carbocycles. The first-order chi connectivity index (χ1) is 24.5. The van der Waals surface area contributed by atoms with Gasteiger partial charge >= 0.3 is 6.09 Å². The molecule has 0 radical (unpaired) electrons. The molecule has 3 heterocycles. The van der Waals surface area contributed by atoms with Crippen LogP contribution in [0.25, 0.3) is 11.1 Å². The molecule has 1 saturated heterocycles. The minimum Gasteiger partial charge on any atom is -0.450 e. The summed E-state index contributed by atoms with van der Waals surface area (Å²) in [5.74, 6) is -1.74. The molecule has 4 atom stereocenters. The predicted octanol–water partition coefficient (Wildman–Crippen LogP) is 3.92. The maximum Gasteiger partial charge on any atom is 0.407 e. The van der Waals surface area contributed by atoms with E-state index in [0.29, 0.717) is 25.7 Å². The Balaban J connectivity index is 1.17. The molecule has 6 aliphatic rings. The van der Waals surface area contributed by atoms with Crippen LogP contribution in [0.5, 0.6) is 0 Å². The van der Waals surface area contributed by atoms with Crippen LogP contribution in [-0.2, 0) is 45.9 Å². The lowest BCUT2D eigenvalue weighted by Crippen LogP contribution is -2.57. The number of alkyl carbamates (subject to hydrolysis) is 1. The van der Waals surface area contributed by atoms with Crippen molar-refractivity contribution < 1.29 is 37.1 Å². The Bertz CT molecular complexity index is 1780. The normalized spacial score (nSPS) is 28.8. The fraction of sp³-hybridized carbons (Fsp3) is 0.579. The lowest BCUT2D eigenvalue weighted by Gasteiger charge is -2.28. The van der Waals surface area contributed by atoms with Crippen molar-refractivity contribution in [2.24, 2.45) is 11.8 Å². The Kier molecular flexibility index (Phi) is 9.88. The van der Waals surface area contributed by atoms with Gasteiger partial charge in [0.1, 0.15) is 23.7 Å². The highest BCUT2D eigenvalue weighted by Crippen LogP contribution is 2.57. The molecule has 2 aromatic carbocycles.